The molecule has 0 aromatic heterocycles. The van der Waals surface area contributed by atoms with Crippen molar-refractivity contribution in [2.75, 3.05) is 6.61 Å². The van der Waals surface area contributed by atoms with Crippen LogP contribution in [-0.4, -0.2) is 6.61 Å². The maximum Gasteiger partial charge on any atom is 0.200 e. The Bertz CT molecular complexity index is 841. The topological polar surface area (TPSA) is 9.23 Å². The second-order valence-electron chi connectivity index (χ2n) is 7.92. The average molecular weight is 408 g/mol. The first-order valence-electron chi connectivity index (χ1n) is 10.5. The third-order valence-electron chi connectivity index (χ3n) is 5.98. The van der Waals surface area contributed by atoms with Gasteiger partial charge >= 0.3 is 0 Å². The third-order valence-corrected chi connectivity index (χ3v) is 5.98. The summed E-state index contributed by atoms with van der Waals surface area (Å²) in [5, 5.41) is 0. The molecule has 0 unspecified atom stereocenters. The quantitative estimate of drug-likeness (QED) is 0.444. The van der Waals surface area contributed by atoms with Gasteiger partial charge in [-0.1, -0.05) is 38.5 Å². The Hall–Kier alpha value is -2.04. The maximum absolute atomic E-state index is 14.5. The van der Waals surface area contributed by atoms with Crippen molar-refractivity contribution in [2.24, 2.45) is 5.92 Å². The monoisotopic (exact) mass is 408 g/mol. The predicted molar refractivity (Wildman–Crippen MR) is 106 cm³/mol. The van der Waals surface area contributed by atoms with Crippen LogP contribution in [-0.2, 0) is 12.8 Å². The lowest BCUT2D eigenvalue weighted by Gasteiger charge is -2.29. The Labute approximate surface area is 170 Å². The van der Waals surface area contributed by atoms with E-state index in [0.29, 0.717) is 36.1 Å². The van der Waals surface area contributed by atoms with Gasteiger partial charge in [0.1, 0.15) is 0 Å². The summed E-state index contributed by atoms with van der Waals surface area (Å²) in [5.74, 6) is -3.13. The molecule has 1 fully saturated rings. The SMILES string of the molecule is CCCc1ccc(C2CCC(COc3ccc(CC)c(F)c3F)CC2)c(F)c1F. The summed E-state index contributed by atoms with van der Waals surface area (Å²) in [6, 6.07) is 6.44. The van der Waals surface area contributed by atoms with Gasteiger partial charge < -0.3 is 4.74 Å². The van der Waals surface area contributed by atoms with Crippen LogP contribution in [0.2, 0.25) is 0 Å². The van der Waals surface area contributed by atoms with Gasteiger partial charge in [-0.2, -0.15) is 4.39 Å². The fourth-order valence-electron chi connectivity index (χ4n) is 4.19. The van der Waals surface area contributed by atoms with Crippen LogP contribution in [0.3, 0.4) is 0 Å². The van der Waals surface area contributed by atoms with Crippen LogP contribution in [0.25, 0.3) is 0 Å². The van der Waals surface area contributed by atoms with Gasteiger partial charge in [-0.3, -0.25) is 0 Å². The summed E-state index contributed by atoms with van der Waals surface area (Å²) in [6.45, 7) is 4.00. The van der Waals surface area contributed by atoms with Crippen molar-refractivity contribution in [3.05, 3.63) is 64.2 Å². The van der Waals surface area contributed by atoms with Crippen LogP contribution in [0.5, 0.6) is 5.75 Å². The minimum absolute atomic E-state index is 0.0190. The van der Waals surface area contributed by atoms with E-state index in [0.717, 1.165) is 32.1 Å². The van der Waals surface area contributed by atoms with E-state index in [9.17, 15) is 17.6 Å². The molecule has 1 aliphatic rings. The molecule has 0 aliphatic heterocycles. The fraction of sp³-hybridized carbons (Fsp3) is 0.500. The van der Waals surface area contributed by atoms with Crippen LogP contribution >= 0.6 is 0 Å². The van der Waals surface area contributed by atoms with Crippen molar-refractivity contribution in [1.82, 2.24) is 0 Å². The van der Waals surface area contributed by atoms with Crippen molar-refractivity contribution < 1.29 is 22.3 Å². The van der Waals surface area contributed by atoms with Crippen molar-refractivity contribution in [1.29, 1.82) is 0 Å². The van der Waals surface area contributed by atoms with Crippen molar-refractivity contribution >= 4 is 0 Å². The molecule has 5 heteroatoms. The summed E-state index contributed by atoms with van der Waals surface area (Å²) in [6.07, 6.45) is 4.73. The highest BCUT2D eigenvalue weighted by Crippen LogP contribution is 2.38. The number of halogens is 4. The second kappa shape index (κ2) is 9.64. The molecule has 3 rings (SSSR count). The molecule has 0 amide bonds. The molecule has 2 aromatic rings. The minimum Gasteiger partial charge on any atom is -0.490 e. The zero-order valence-electron chi connectivity index (χ0n) is 17.0. The minimum atomic E-state index is -0.942. The van der Waals surface area contributed by atoms with Gasteiger partial charge in [0.05, 0.1) is 6.61 Å². The van der Waals surface area contributed by atoms with Gasteiger partial charge in [0, 0.05) is 0 Å². The van der Waals surface area contributed by atoms with E-state index in [-0.39, 0.29) is 17.6 Å². The summed E-state index contributed by atoms with van der Waals surface area (Å²) in [7, 11) is 0. The number of ether oxygens (including phenoxy) is 1. The predicted octanol–water partition coefficient (Wildman–Crippen LogP) is 7.11. The van der Waals surface area contributed by atoms with Gasteiger partial charge in [-0.05, 0) is 73.1 Å². The molecule has 2 aromatic carbocycles. The molecule has 29 heavy (non-hydrogen) atoms. The first-order chi connectivity index (χ1) is 14.0. The van der Waals surface area contributed by atoms with Gasteiger partial charge in [0.2, 0.25) is 5.82 Å². The molecule has 0 spiro atoms. The molecular formula is C24H28F4O. The number of aryl methyl sites for hydroxylation is 2. The van der Waals surface area contributed by atoms with E-state index in [1.54, 1.807) is 25.1 Å². The lowest BCUT2D eigenvalue weighted by molar-refractivity contribution is 0.191. The van der Waals surface area contributed by atoms with Crippen molar-refractivity contribution in [2.45, 2.75) is 64.7 Å². The van der Waals surface area contributed by atoms with E-state index < -0.39 is 23.3 Å². The summed E-state index contributed by atoms with van der Waals surface area (Å²) < 4.78 is 62.3. The van der Waals surface area contributed by atoms with E-state index in [4.69, 9.17) is 4.74 Å². The molecule has 1 nitrogen and oxygen atoms in total. The molecule has 0 atom stereocenters. The van der Waals surface area contributed by atoms with Gasteiger partial charge in [-0.25, -0.2) is 13.2 Å². The number of rotatable bonds is 7. The maximum atomic E-state index is 14.5. The zero-order valence-corrected chi connectivity index (χ0v) is 17.0. The Morgan fingerprint density at radius 1 is 0.793 bits per heavy atom. The second-order valence-corrected chi connectivity index (χ2v) is 7.92. The first-order valence-corrected chi connectivity index (χ1v) is 10.5. The van der Waals surface area contributed by atoms with E-state index >= 15 is 0 Å². The Balaban J connectivity index is 1.58. The molecule has 1 aliphatic carbocycles. The highest BCUT2D eigenvalue weighted by molar-refractivity contribution is 5.31. The van der Waals surface area contributed by atoms with Crippen molar-refractivity contribution in [3.63, 3.8) is 0 Å². The molecule has 0 saturated heterocycles. The average Bonchev–Trinajstić information content (AvgIpc) is 2.73. The van der Waals surface area contributed by atoms with Crippen LogP contribution in [0, 0.1) is 29.2 Å². The molecule has 0 N–H and O–H groups in total. The first kappa shape index (κ1) is 21.7. The molecule has 0 bridgehead atoms. The summed E-state index contributed by atoms with van der Waals surface area (Å²) in [4.78, 5) is 0. The van der Waals surface area contributed by atoms with Gasteiger partial charge in [0.25, 0.3) is 0 Å². The zero-order chi connectivity index (χ0) is 21.0. The van der Waals surface area contributed by atoms with Crippen LogP contribution < -0.4 is 4.74 Å². The Morgan fingerprint density at radius 2 is 1.45 bits per heavy atom. The number of benzene rings is 2. The fourth-order valence-corrected chi connectivity index (χ4v) is 4.19. The lowest BCUT2D eigenvalue weighted by atomic mass is 9.78. The molecular weight excluding hydrogens is 380 g/mol. The Morgan fingerprint density at radius 3 is 2.10 bits per heavy atom. The highest BCUT2D eigenvalue weighted by Gasteiger charge is 2.27. The molecule has 0 radical (unpaired) electrons. The van der Waals surface area contributed by atoms with E-state index in [1.807, 2.05) is 6.92 Å². The number of hydrogen-bond donors (Lipinski definition) is 0. The van der Waals surface area contributed by atoms with Crippen LogP contribution in [0.4, 0.5) is 17.6 Å². The summed E-state index contributed by atoms with van der Waals surface area (Å²) in [5.41, 5.74) is 1.21. The van der Waals surface area contributed by atoms with Crippen molar-refractivity contribution in [3.8, 4) is 5.75 Å². The Kier molecular flexibility index (Phi) is 7.20. The molecule has 0 heterocycles. The van der Waals surface area contributed by atoms with Gasteiger partial charge in [0.15, 0.2) is 23.2 Å². The van der Waals surface area contributed by atoms with E-state index in [1.165, 1.54) is 6.07 Å². The smallest absolute Gasteiger partial charge is 0.200 e. The largest absolute Gasteiger partial charge is 0.490 e. The lowest BCUT2D eigenvalue weighted by Crippen LogP contribution is -2.20. The van der Waals surface area contributed by atoms with Crippen LogP contribution in [0.1, 0.15) is 68.6 Å². The summed E-state index contributed by atoms with van der Waals surface area (Å²) >= 11 is 0. The van der Waals surface area contributed by atoms with E-state index in [2.05, 4.69) is 0 Å². The number of hydrogen-bond acceptors (Lipinski definition) is 1. The van der Waals surface area contributed by atoms with Crippen LogP contribution in [0.15, 0.2) is 24.3 Å². The third kappa shape index (κ3) is 4.76. The highest BCUT2D eigenvalue weighted by atomic mass is 19.2. The van der Waals surface area contributed by atoms with Gasteiger partial charge in [-0.15, -0.1) is 0 Å². The standard InChI is InChI=1S/C24H28F4O/c1-3-5-18-10-12-19(23(27)22(18)26)17-8-6-15(7-9-17)14-29-20-13-11-16(4-2)21(25)24(20)28/h10-13,15,17H,3-9,14H2,1-2H3. The molecule has 158 valence electrons. The molecule has 1 saturated carbocycles. The normalized spacial score (nSPS) is 19.4.